The van der Waals surface area contributed by atoms with E-state index in [-0.39, 0.29) is 5.91 Å². The first kappa shape index (κ1) is 14.9. The van der Waals surface area contributed by atoms with E-state index in [1.54, 1.807) is 0 Å². The van der Waals surface area contributed by atoms with Gasteiger partial charge in [0.05, 0.1) is 0 Å². The molecule has 3 amide bonds. The van der Waals surface area contributed by atoms with Crippen LogP contribution in [0.4, 0.5) is 4.79 Å². The van der Waals surface area contributed by atoms with Crippen molar-refractivity contribution in [1.82, 2.24) is 15.5 Å². The van der Waals surface area contributed by atoms with Crippen molar-refractivity contribution in [1.29, 1.82) is 0 Å². The molecule has 1 aliphatic heterocycles. The zero-order valence-electron chi connectivity index (χ0n) is 11.1. The zero-order chi connectivity index (χ0) is 13.4. The molecule has 0 bridgehead atoms. The molecule has 0 aromatic heterocycles. The predicted molar refractivity (Wildman–Crippen MR) is 70.1 cm³/mol. The van der Waals surface area contributed by atoms with Crippen molar-refractivity contribution < 1.29 is 9.59 Å². The van der Waals surface area contributed by atoms with Crippen LogP contribution in [-0.4, -0.2) is 49.1 Å². The fraction of sp³-hybridized carbons (Fsp3) is 0.833. The van der Waals surface area contributed by atoms with Gasteiger partial charge in [-0.25, -0.2) is 4.79 Å². The van der Waals surface area contributed by atoms with Crippen molar-refractivity contribution in [3.05, 3.63) is 0 Å². The number of primary amides is 1. The van der Waals surface area contributed by atoms with Gasteiger partial charge in [-0.2, -0.15) is 0 Å². The van der Waals surface area contributed by atoms with E-state index in [0.717, 1.165) is 38.9 Å². The number of carbonyl (C=O) groups is 2. The van der Waals surface area contributed by atoms with Gasteiger partial charge in [-0.15, -0.1) is 0 Å². The van der Waals surface area contributed by atoms with Crippen LogP contribution in [0.5, 0.6) is 0 Å². The molecule has 104 valence electrons. The molecule has 0 aromatic rings. The summed E-state index contributed by atoms with van der Waals surface area (Å²) in [5.41, 5.74) is 4.91. The van der Waals surface area contributed by atoms with Crippen LogP contribution in [0.15, 0.2) is 0 Å². The van der Waals surface area contributed by atoms with E-state index in [1.807, 2.05) is 0 Å². The van der Waals surface area contributed by atoms with Crippen molar-refractivity contribution in [2.24, 2.45) is 5.73 Å². The number of hydrogen-bond donors (Lipinski definition) is 3. The summed E-state index contributed by atoms with van der Waals surface area (Å²) in [6, 6.07) is -0.225. The molecule has 1 aliphatic rings. The van der Waals surface area contributed by atoms with E-state index in [4.69, 9.17) is 5.73 Å². The van der Waals surface area contributed by atoms with E-state index in [0.29, 0.717) is 19.0 Å². The Morgan fingerprint density at radius 3 is 2.56 bits per heavy atom. The molecule has 6 nitrogen and oxygen atoms in total. The number of urea groups is 1. The molecule has 1 fully saturated rings. The van der Waals surface area contributed by atoms with Crippen LogP contribution in [0.2, 0.25) is 0 Å². The maximum atomic E-state index is 11.4. The van der Waals surface area contributed by atoms with Crippen LogP contribution in [0.3, 0.4) is 0 Å². The largest absolute Gasteiger partial charge is 0.351 e. The summed E-state index contributed by atoms with van der Waals surface area (Å²) in [6.45, 7) is 5.90. The summed E-state index contributed by atoms with van der Waals surface area (Å²) in [5, 5.41) is 5.44. The quantitative estimate of drug-likeness (QED) is 0.626. The highest BCUT2D eigenvalue weighted by molar-refractivity contribution is 5.93. The lowest BCUT2D eigenvalue weighted by Gasteiger charge is -2.34. The molecule has 0 saturated carbocycles. The summed E-state index contributed by atoms with van der Waals surface area (Å²) in [5.74, 6) is -0.294. The highest BCUT2D eigenvalue weighted by Crippen LogP contribution is 2.12. The van der Waals surface area contributed by atoms with Crippen molar-refractivity contribution >= 4 is 11.9 Å². The first-order valence-corrected chi connectivity index (χ1v) is 6.67. The molecule has 0 atom stereocenters. The lowest BCUT2D eigenvalue weighted by molar-refractivity contribution is -0.120. The fourth-order valence-corrected chi connectivity index (χ4v) is 2.38. The molecule has 1 heterocycles. The Labute approximate surface area is 108 Å². The van der Waals surface area contributed by atoms with Crippen molar-refractivity contribution in [2.75, 3.05) is 26.2 Å². The van der Waals surface area contributed by atoms with Gasteiger partial charge in [-0.1, -0.05) is 6.92 Å². The first-order valence-electron chi connectivity index (χ1n) is 6.67. The Kier molecular flexibility index (Phi) is 6.67. The Balaban J connectivity index is 2.36. The van der Waals surface area contributed by atoms with Crippen molar-refractivity contribution in [2.45, 2.75) is 38.6 Å². The van der Waals surface area contributed by atoms with E-state index in [9.17, 15) is 9.59 Å². The lowest BCUT2D eigenvalue weighted by Crippen LogP contribution is -2.45. The molecular weight excluding hydrogens is 232 g/mol. The number of amides is 3. The van der Waals surface area contributed by atoms with Crippen LogP contribution >= 0.6 is 0 Å². The molecular formula is C12H24N4O2. The van der Waals surface area contributed by atoms with Crippen LogP contribution in [0.25, 0.3) is 0 Å². The van der Waals surface area contributed by atoms with Crippen molar-refractivity contribution in [3.63, 3.8) is 0 Å². The average Bonchev–Trinajstić information content (AvgIpc) is 2.34. The molecule has 0 unspecified atom stereocenters. The second kappa shape index (κ2) is 8.05. The van der Waals surface area contributed by atoms with Crippen LogP contribution in [-0.2, 0) is 4.79 Å². The van der Waals surface area contributed by atoms with Gasteiger partial charge < -0.3 is 11.1 Å². The number of nitrogens with zero attached hydrogens (tertiary/aromatic N) is 1. The van der Waals surface area contributed by atoms with Crippen LogP contribution in [0.1, 0.15) is 32.6 Å². The van der Waals surface area contributed by atoms with Gasteiger partial charge in [-0.3, -0.25) is 15.0 Å². The van der Waals surface area contributed by atoms with Gasteiger partial charge in [0.1, 0.15) is 0 Å². The van der Waals surface area contributed by atoms with Crippen molar-refractivity contribution in [3.8, 4) is 0 Å². The van der Waals surface area contributed by atoms with Gasteiger partial charge in [0.25, 0.3) is 0 Å². The second-order valence-electron chi connectivity index (χ2n) is 4.68. The second-order valence-corrected chi connectivity index (χ2v) is 4.68. The van der Waals surface area contributed by atoms with Gasteiger partial charge in [0.15, 0.2) is 0 Å². The number of rotatable bonds is 6. The maximum Gasteiger partial charge on any atom is 0.318 e. The van der Waals surface area contributed by atoms with Crippen LogP contribution < -0.4 is 16.4 Å². The Morgan fingerprint density at radius 1 is 1.33 bits per heavy atom. The third kappa shape index (κ3) is 5.46. The maximum absolute atomic E-state index is 11.4. The number of imide groups is 1. The van der Waals surface area contributed by atoms with Gasteiger partial charge in [-0.05, 0) is 38.9 Å². The minimum atomic E-state index is -0.774. The lowest BCUT2D eigenvalue weighted by atomic mass is 10.0. The number of nitrogens with two attached hydrogens (primary N) is 1. The Hall–Kier alpha value is -1.14. The first-order chi connectivity index (χ1) is 8.63. The summed E-state index contributed by atoms with van der Waals surface area (Å²) in [7, 11) is 0. The minimum Gasteiger partial charge on any atom is -0.351 e. The van der Waals surface area contributed by atoms with E-state index < -0.39 is 6.03 Å². The number of piperidine rings is 1. The summed E-state index contributed by atoms with van der Waals surface area (Å²) in [4.78, 5) is 24.3. The minimum absolute atomic E-state index is 0.294. The third-order valence-corrected chi connectivity index (χ3v) is 3.22. The number of carbonyl (C=O) groups excluding carboxylic acids is 2. The molecule has 0 radical (unpaired) electrons. The smallest absolute Gasteiger partial charge is 0.318 e. The molecule has 0 aliphatic carbocycles. The third-order valence-electron chi connectivity index (χ3n) is 3.22. The highest BCUT2D eigenvalue weighted by Gasteiger charge is 2.20. The Morgan fingerprint density at radius 2 is 2.00 bits per heavy atom. The summed E-state index contributed by atoms with van der Waals surface area (Å²) < 4.78 is 0. The number of nitrogens with one attached hydrogen (secondary N) is 2. The molecule has 6 heteroatoms. The average molecular weight is 256 g/mol. The topological polar surface area (TPSA) is 87.5 Å². The normalized spacial score (nSPS) is 16.8. The highest BCUT2D eigenvalue weighted by atomic mass is 16.2. The SMILES string of the molecule is CCCN(CCC(=O)NC(N)=O)C1CCNCC1. The molecule has 0 aromatic carbocycles. The summed E-state index contributed by atoms with van der Waals surface area (Å²) in [6.07, 6.45) is 3.64. The van der Waals surface area contributed by atoms with E-state index in [2.05, 4.69) is 22.5 Å². The standard InChI is InChI=1S/C12H24N4O2/c1-2-8-16(10-3-6-14-7-4-10)9-5-11(17)15-12(13)18/h10,14H,2-9H2,1H3,(H3,13,15,17,18). The zero-order valence-corrected chi connectivity index (χ0v) is 11.1. The molecule has 1 rings (SSSR count). The van der Waals surface area contributed by atoms with Crippen LogP contribution in [0, 0.1) is 0 Å². The fourth-order valence-electron chi connectivity index (χ4n) is 2.38. The predicted octanol–water partition coefficient (Wildman–Crippen LogP) is 0.0354. The van der Waals surface area contributed by atoms with Gasteiger partial charge >= 0.3 is 6.03 Å². The van der Waals surface area contributed by atoms with E-state index >= 15 is 0 Å². The van der Waals surface area contributed by atoms with Gasteiger partial charge in [0.2, 0.25) is 5.91 Å². The molecule has 4 N–H and O–H groups in total. The summed E-state index contributed by atoms with van der Waals surface area (Å²) >= 11 is 0. The van der Waals surface area contributed by atoms with Gasteiger partial charge in [0, 0.05) is 19.0 Å². The molecule has 18 heavy (non-hydrogen) atoms. The Bertz CT molecular complexity index is 277. The van der Waals surface area contributed by atoms with E-state index in [1.165, 1.54) is 0 Å². The number of hydrogen-bond acceptors (Lipinski definition) is 4. The monoisotopic (exact) mass is 256 g/mol. The molecule has 0 spiro atoms. The molecule has 1 saturated heterocycles.